The lowest BCUT2D eigenvalue weighted by Crippen LogP contribution is -2.54. The van der Waals surface area contributed by atoms with E-state index in [-0.39, 0.29) is 5.60 Å². The van der Waals surface area contributed by atoms with Gasteiger partial charge in [0.15, 0.2) is 0 Å². The topological polar surface area (TPSA) is 24.5 Å². The number of hydrogen-bond acceptors (Lipinski definition) is 3. The van der Waals surface area contributed by atoms with E-state index in [1.807, 2.05) is 7.11 Å². The van der Waals surface area contributed by atoms with Crippen LogP contribution in [0.5, 0.6) is 0 Å². The molecule has 0 radical (unpaired) electrons. The first kappa shape index (κ1) is 15.9. The molecule has 3 nitrogen and oxygen atoms in total. The lowest BCUT2D eigenvalue weighted by atomic mass is 9.85. The van der Waals surface area contributed by atoms with Crippen molar-refractivity contribution >= 4 is 0 Å². The van der Waals surface area contributed by atoms with Crippen molar-refractivity contribution in [2.24, 2.45) is 5.92 Å². The standard InChI is InChI=1S/C15H32N2O/c1-6-10-16-14(15(2,3)18-5)12-17(4)11-13-8-7-9-13/h13-14,16H,6-12H2,1-5H3. The second-order valence-corrected chi connectivity index (χ2v) is 6.33. The first-order chi connectivity index (χ1) is 8.49. The van der Waals surface area contributed by atoms with E-state index in [1.54, 1.807) is 0 Å². The molecule has 0 saturated heterocycles. The smallest absolute Gasteiger partial charge is 0.0787 e. The number of rotatable bonds is 9. The average Bonchev–Trinajstić information content (AvgIpc) is 2.29. The molecular formula is C15H32N2O. The van der Waals surface area contributed by atoms with Crippen molar-refractivity contribution in [3.8, 4) is 0 Å². The SMILES string of the molecule is CCCNC(CN(C)CC1CCC1)C(C)(C)OC. The number of nitrogens with one attached hydrogen (secondary N) is 1. The van der Waals surface area contributed by atoms with E-state index >= 15 is 0 Å². The summed E-state index contributed by atoms with van der Waals surface area (Å²) in [6.07, 6.45) is 5.44. The van der Waals surface area contributed by atoms with Gasteiger partial charge in [-0.3, -0.25) is 0 Å². The quantitative estimate of drug-likeness (QED) is 0.686. The molecule has 1 atom stereocenters. The molecule has 1 unspecified atom stereocenters. The van der Waals surface area contributed by atoms with E-state index in [9.17, 15) is 0 Å². The molecule has 0 spiro atoms. The van der Waals surface area contributed by atoms with Crippen LogP contribution in [-0.2, 0) is 4.74 Å². The number of hydrogen-bond donors (Lipinski definition) is 1. The normalized spacial score (nSPS) is 19.0. The summed E-state index contributed by atoms with van der Waals surface area (Å²) in [5.74, 6) is 0.937. The van der Waals surface area contributed by atoms with Gasteiger partial charge in [0.25, 0.3) is 0 Å². The van der Waals surface area contributed by atoms with Crippen molar-refractivity contribution in [3.63, 3.8) is 0 Å². The Labute approximate surface area is 113 Å². The predicted molar refractivity (Wildman–Crippen MR) is 78.0 cm³/mol. The Balaban J connectivity index is 2.42. The van der Waals surface area contributed by atoms with E-state index in [4.69, 9.17) is 4.74 Å². The molecule has 0 heterocycles. The van der Waals surface area contributed by atoms with E-state index in [2.05, 4.69) is 38.0 Å². The molecule has 0 amide bonds. The fraction of sp³-hybridized carbons (Fsp3) is 1.00. The van der Waals surface area contributed by atoms with Crippen molar-refractivity contribution < 1.29 is 4.74 Å². The number of nitrogens with zero attached hydrogens (tertiary/aromatic N) is 1. The molecule has 1 N–H and O–H groups in total. The Morgan fingerprint density at radius 3 is 2.50 bits per heavy atom. The van der Waals surface area contributed by atoms with Gasteiger partial charge < -0.3 is 15.0 Å². The largest absolute Gasteiger partial charge is 0.377 e. The Morgan fingerprint density at radius 2 is 2.06 bits per heavy atom. The highest BCUT2D eigenvalue weighted by Crippen LogP contribution is 2.27. The van der Waals surface area contributed by atoms with Gasteiger partial charge in [0.1, 0.15) is 0 Å². The minimum absolute atomic E-state index is 0.108. The van der Waals surface area contributed by atoms with Crippen molar-refractivity contribution in [1.82, 2.24) is 10.2 Å². The monoisotopic (exact) mass is 256 g/mol. The third-order valence-electron chi connectivity index (χ3n) is 4.29. The summed E-state index contributed by atoms with van der Waals surface area (Å²) in [5, 5.41) is 3.63. The Hall–Kier alpha value is -0.120. The maximum absolute atomic E-state index is 5.65. The third-order valence-corrected chi connectivity index (χ3v) is 4.29. The zero-order valence-corrected chi connectivity index (χ0v) is 13.0. The molecule has 0 aromatic carbocycles. The third kappa shape index (κ3) is 4.87. The van der Waals surface area contributed by atoms with Crippen LogP contribution in [0.15, 0.2) is 0 Å². The van der Waals surface area contributed by atoms with Crippen molar-refractivity contribution in [2.75, 3.05) is 33.8 Å². The average molecular weight is 256 g/mol. The van der Waals surface area contributed by atoms with E-state index in [0.29, 0.717) is 6.04 Å². The zero-order chi connectivity index (χ0) is 13.6. The van der Waals surface area contributed by atoms with Crippen LogP contribution in [0.1, 0.15) is 46.5 Å². The van der Waals surface area contributed by atoms with Crippen LogP contribution >= 0.6 is 0 Å². The molecular weight excluding hydrogens is 224 g/mol. The molecule has 0 aliphatic heterocycles. The molecule has 1 aliphatic carbocycles. The van der Waals surface area contributed by atoms with Gasteiger partial charge in [-0.05, 0) is 52.6 Å². The van der Waals surface area contributed by atoms with Crippen LogP contribution in [0.3, 0.4) is 0 Å². The fourth-order valence-electron chi connectivity index (χ4n) is 2.49. The van der Waals surface area contributed by atoms with E-state index in [0.717, 1.165) is 19.0 Å². The Bertz CT molecular complexity index is 227. The van der Waals surface area contributed by atoms with Gasteiger partial charge >= 0.3 is 0 Å². The molecule has 0 aromatic heterocycles. The first-order valence-electron chi connectivity index (χ1n) is 7.46. The maximum Gasteiger partial charge on any atom is 0.0787 e. The van der Waals surface area contributed by atoms with Crippen LogP contribution in [0.2, 0.25) is 0 Å². The lowest BCUT2D eigenvalue weighted by molar-refractivity contribution is -0.0196. The van der Waals surface area contributed by atoms with Crippen LogP contribution in [0.4, 0.5) is 0 Å². The van der Waals surface area contributed by atoms with Gasteiger partial charge in [-0.1, -0.05) is 13.3 Å². The van der Waals surface area contributed by atoms with E-state index in [1.165, 1.54) is 32.2 Å². The molecule has 18 heavy (non-hydrogen) atoms. The Kier molecular flexibility index (Phi) is 6.61. The first-order valence-corrected chi connectivity index (χ1v) is 7.46. The molecule has 108 valence electrons. The second kappa shape index (κ2) is 7.46. The molecule has 0 aromatic rings. The van der Waals surface area contributed by atoms with Crippen molar-refractivity contribution in [2.45, 2.75) is 58.1 Å². The lowest BCUT2D eigenvalue weighted by Gasteiger charge is -2.38. The highest BCUT2D eigenvalue weighted by atomic mass is 16.5. The number of likely N-dealkylation sites (N-methyl/N-ethyl adjacent to an activating group) is 1. The predicted octanol–water partition coefficient (Wildman–Crippen LogP) is 2.51. The molecule has 1 aliphatic rings. The van der Waals surface area contributed by atoms with Gasteiger partial charge in [0.2, 0.25) is 0 Å². The molecule has 1 fully saturated rings. The van der Waals surface area contributed by atoms with Gasteiger partial charge in [0, 0.05) is 26.2 Å². The van der Waals surface area contributed by atoms with Crippen molar-refractivity contribution in [3.05, 3.63) is 0 Å². The van der Waals surface area contributed by atoms with E-state index < -0.39 is 0 Å². The summed E-state index contributed by atoms with van der Waals surface area (Å²) in [4.78, 5) is 2.47. The van der Waals surface area contributed by atoms with Gasteiger partial charge in [-0.2, -0.15) is 0 Å². The molecule has 1 saturated carbocycles. The molecule has 3 heteroatoms. The highest BCUT2D eigenvalue weighted by molar-refractivity contribution is 4.88. The van der Waals surface area contributed by atoms with Crippen LogP contribution in [0.25, 0.3) is 0 Å². The summed E-state index contributed by atoms with van der Waals surface area (Å²) in [7, 11) is 4.05. The molecule has 1 rings (SSSR count). The minimum Gasteiger partial charge on any atom is -0.377 e. The maximum atomic E-state index is 5.65. The van der Waals surface area contributed by atoms with Gasteiger partial charge in [-0.25, -0.2) is 0 Å². The van der Waals surface area contributed by atoms with Gasteiger partial charge in [0.05, 0.1) is 5.60 Å². The van der Waals surface area contributed by atoms with Crippen LogP contribution < -0.4 is 5.32 Å². The van der Waals surface area contributed by atoms with Crippen LogP contribution in [-0.4, -0.2) is 50.3 Å². The fourth-order valence-corrected chi connectivity index (χ4v) is 2.49. The summed E-state index contributed by atoms with van der Waals surface area (Å²) in [6, 6.07) is 0.396. The highest BCUT2D eigenvalue weighted by Gasteiger charge is 2.30. The summed E-state index contributed by atoms with van der Waals surface area (Å²) in [5.41, 5.74) is -0.108. The summed E-state index contributed by atoms with van der Waals surface area (Å²) < 4.78 is 5.65. The van der Waals surface area contributed by atoms with Gasteiger partial charge in [-0.15, -0.1) is 0 Å². The molecule has 0 bridgehead atoms. The zero-order valence-electron chi connectivity index (χ0n) is 13.0. The number of methoxy groups -OCH3 is 1. The summed E-state index contributed by atoms with van der Waals surface area (Å²) in [6.45, 7) is 9.94. The van der Waals surface area contributed by atoms with Crippen LogP contribution in [0, 0.1) is 5.92 Å². The second-order valence-electron chi connectivity index (χ2n) is 6.33. The van der Waals surface area contributed by atoms with Crippen molar-refractivity contribution in [1.29, 1.82) is 0 Å². The Morgan fingerprint density at radius 1 is 1.39 bits per heavy atom. The minimum atomic E-state index is -0.108. The number of ether oxygens (including phenoxy) is 1. The summed E-state index contributed by atoms with van der Waals surface area (Å²) >= 11 is 0.